The first-order chi connectivity index (χ1) is 15.2. The normalized spacial score (nSPS) is 39.9. The van der Waals surface area contributed by atoms with Gasteiger partial charge in [0.05, 0.1) is 18.3 Å². The number of aliphatic hydroxyl groups is 1. The second-order valence-corrected chi connectivity index (χ2v) is 16.9. The average Bonchev–Trinajstić information content (AvgIpc) is 3.00. The number of rotatable bonds is 8. The Morgan fingerprint density at radius 2 is 1.79 bits per heavy atom. The summed E-state index contributed by atoms with van der Waals surface area (Å²) in [6.45, 7) is 12.0. The van der Waals surface area contributed by atoms with E-state index in [0.717, 1.165) is 24.4 Å². The van der Waals surface area contributed by atoms with Gasteiger partial charge in [0.2, 0.25) is 0 Å². The van der Waals surface area contributed by atoms with Gasteiger partial charge in [-0.05, 0) is 37.0 Å². The lowest BCUT2D eigenvalue weighted by Crippen LogP contribution is -2.70. The molecule has 2 fully saturated rings. The molecule has 10 heteroatoms. The van der Waals surface area contributed by atoms with Gasteiger partial charge < -0.3 is 19.0 Å². The second kappa shape index (κ2) is 9.02. The number of hydrogen-bond donors (Lipinski definition) is 1. The first-order valence-electron chi connectivity index (χ1n) is 11.9. The predicted molar refractivity (Wildman–Crippen MR) is 127 cm³/mol. The molecule has 0 unspecified atom stereocenters. The van der Waals surface area contributed by atoms with Crippen LogP contribution in [0.2, 0.25) is 18.1 Å². The molecule has 0 aromatic rings. The van der Waals surface area contributed by atoms with Crippen molar-refractivity contribution in [2.75, 3.05) is 13.4 Å². The second-order valence-electron chi connectivity index (χ2n) is 10.5. The van der Waals surface area contributed by atoms with Gasteiger partial charge in [0.25, 0.3) is 10.1 Å². The highest BCUT2D eigenvalue weighted by atomic mass is 32.2. The highest BCUT2D eigenvalue weighted by Crippen LogP contribution is 2.66. The van der Waals surface area contributed by atoms with Gasteiger partial charge in [0.1, 0.15) is 23.9 Å². The quantitative estimate of drug-likeness (QED) is 0.233. The summed E-state index contributed by atoms with van der Waals surface area (Å²) >= 11 is 0. The summed E-state index contributed by atoms with van der Waals surface area (Å²) in [5.41, 5.74) is -1.32. The van der Waals surface area contributed by atoms with Crippen molar-refractivity contribution in [2.45, 2.75) is 96.1 Å². The third-order valence-corrected chi connectivity index (χ3v) is 13.7. The molecule has 1 heterocycles. The van der Waals surface area contributed by atoms with Crippen molar-refractivity contribution in [3.05, 3.63) is 11.6 Å². The van der Waals surface area contributed by atoms with E-state index in [1.807, 2.05) is 13.8 Å². The van der Waals surface area contributed by atoms with Crippen molar-refractivity contribution in [1.29, 1.82) is 0 Å². The van der Waals surface area contributed by atoms with Gasteiger partial charge in [-0.3, -0.25) is 8.98 Å². The fourth-order valence-corrected chi connectivity index (χ4v) is 9.85. The Labute approximate surface area is 199 Å². The molecule has 7 atom stereocenters. The van der Waals surface area contributed by atoms with Crippen molar-refractivity contribution in [2.24, 2.45) is 17.3 Å². The molecule has 8 nitrogen and oxygen atoms in total. The summed E-state index contributed by atoms with van der Waals surface area (Å²) in [5, 5.41) is 11.6. The predicted octanol–water partition coefficient (Wildman–Crippen LogP) is 3.02. The van der Waals surface area contributed by atoms with Crippen molar-refractivity contribution in [3.63, 3.8) is 0 Å². The van der Waals surface area contributed by atoms with Crippen molar-refractivity contribution in [3.8, 4) is 0 Å². The molecule has 3 rings (SSSR count). The highest BCUT2D eigenvalue weighted by Gasteiger charge is 2.77. The number of hydrogen-bond acceptors (Lipinski definition) is 8. The Kier molecular flexibility index (Phi) is 7.33. The molecule has 3 aliphatic rings. The van der Waals surface area contributed by atoms with Crippen LogP contribution in [0.25, 0.3) is 0 Å². The van der Waals surface area contributed by atoms with Crippen LogP contribution < -0.4 is 0 Å². The first-order valence-corrected chi connectivity index (χ1v) is 16.2. The molecule has 1 aliphatic heterocycles. The molecule has 1 saturated heterocycles. The lowest BCUT2D eigenvalue weighted by Gasteiger charge is -2.60. The minimum Gasteiger partial charge on any atom is -0.455 e. The van der Waals surface area contributed by atoms with Gasteiger partial charge in [-0.25, -0.2) is 0 Å². The summed E-state index contributed by atoms with van der Waals surface area (Å²) in [7, 11) is -4.50. The van der Waals surface area contributed by atoms with Gasteiger partial charge in [0.15, 0.2) is 8.32 Å². The lowest BCUT2D eigenvalue weighted by molar-refractivity contribution is -0.251. The van der Waals surface area contributed by atoms with Crippen LogP contribution in [0.15, 0.2) is 11.6 Å². The smallest absolute Gasteiger partial charge is 0.312 e. The average molecular weight is 505 g/mol. The molecule has 2 aliphatic carbocycles. The van der Waals surface area contributed by atoms with Crippen LogP contribution in [0.3, 0.4) is 0 Å². The van der Waals surface area contributed by atoms with Crippen LogP contribution in [0.1, 0.15) is 48.0 Å². The summed E-state index contributed by atoms with van der Waals surface area (Å²) in [5.74, 6) is -1.37. The molecule has 1 saturated carbocycles. The van der Waals surface area contributed by atoms with Crippen LogP contribution in [0.5, 0.6) is 0 Å². The Bertz CT molecular complexity index is 888. The zero-order valence-corrected chi connectivity index (χ0v) is 22.9. The zero-order valence-electron chi connectivity index (χ0n) is 21.1. The van der Waals surface area contributed by atoms with Crippen molar-refractivity contribution in [1.82, 2.24) is 0 Å². The summed E-state index contributed by atoms with van der Waals surface area (Å²) in [6, 6.07) is 2.71. The molecule has 0 aromatic carbocycles. The molecule has 0 aromatic heterocycles. The van der Waals surface area contributed by atoms with Gasteiger partial charge in [0, 0.05) is 18.4 Å². The van der Waals surface area contributed by atoms with Crippen molar-refractivity contribution >= 4 is 24.4 Å². The maximum absolute atomic E-state index is 13.4. The van der Waals surface area contributed by atoms with Crippen LogP contribution in [-0.2, 0) is 33.0 Å². The van der Waals surface area contributed by atoms with E-state index in [2.05, 4.69) is 20.8 Å². The molecule has 190 valence electrons. The number of methoxy groups -OCH3 is 1. The van der Waals surface area contributed by atoms with E-state index in [0.29, 0.717) is 12.0 Å². The number of aliphatic hydroxyl groups excluding tert-OH is 1. The van der Waals surface area contributed by atoms with Crippen LogP contribution in [0.4, 0.5) is 0 Å². The number of ether oxygens (including phenoxy) is 2. The van der Waals surface area contributed by atoms with Crippen LogP contribution in [-0.4, -0.2) is 71.2 Å². The fourth-order valence-electron chi connectivity index (χ4n) is 6.36. The zero-order chi connectivity index (χ0) is 25.0. The fraction of sp³-hybridized carbons (Fsp3) is 0.870. The van der Waals surface area contributed by atoms with E-state index < -0.39 is 65.8 Å². The molecule has 0 amide bonds. The standard InChI is InChI=1S/C23H40O8SSi/c1-9-33(10-2,11-3)31-19-16(28-7)12-14(4)18(30-32(8,26)27)20(24)23-15(13-22(23,5)6)17(19)21(25)29-23/h12,15-20,24H,9-11,13H2,1-8H3/b14-12+/t15-,16-,17+,18-,19+,20-,23-/m0/s1. The Balaban J connectivity index is 2.21. The van der Waals surface area contributed by atoms with Gasteiger partial charge in [-0.2, -0.15) is 8.42 Å². The molecular formula is C23H40O8SSi. The Morgan fingerprint density at radius 3 is 2.24 bits per heavy atom. The van der Waals surface area contributed by atoms with E-state index in [1.165, 1.54) is 0 Å². The monoisotopic (exact) mass is 504 g/mol. The maximum atomic E-state index is 13.4. The van der Waals surface area contributed by atoms with Gasteiger partial charge in [-0.15, -0.1) is 0 Å². The van der Waals surface area contributed by atoms with E-state index in [4.69, 9.17) is 18.1 Å². The lowest BCUT2D eigenvalue weighted by atomic mass is 9.47. The maximum Gasteiger partial charge on any atom is 0.312 e. The first kappa shape index (κ1) is 26.8. The summed E-state index contributed by atoms with van der Waals surface area (Å²) in [6.07, 6.45) is -0.413. The molecule has 0 spiro atoms. The third-order valence-electron chi connectivity index (χ3n) is 8.46. The molecular weight excluding hydrogens is 464 g/mol. The van der Waals surface area contributed by atoms with Crippen molar-refractivity contribution < 1.29 is 36.4 Å². The van der Waals surface area contributed by atoms with Crippen LogP contribution >= 0.6 is 0 Å². The van der Waals surface area contributed by atoms with E-state index in [1.54, 1.807) is 20.1 Å². The summed E-state index contributed by atoms with van der Waals surface area (Å²) < 4.78 is 48.4. The number of carbonyl (C=O) groups is 1. The van der Waals surface area contributed by atoms with E-state index >= 15 is 0 Å². The molecule has 2 bridgehead atoms. The molecule has 0 radical (unpaired) electrons. The van der Waals surface area contributed by atoms with E-state index in [9.17, 15) is 18.3 Å². The molecule has 1 N–H and O–H groups in total. The number of esters is 1. The SMILES string of the molecule is CC[Si](CC)(CC)O[C@H]1[C@@H]2C(=O)O[C@]3([C@@H](O)[C@@H](OS(C)(=O)=O)/C(C)=C/[C@@H]1OC)[C@H]2CC3(C)C. The minimum absolute atomic E-state index is 0.333. The Hall–Kier alpha value is -0.783. The highest BCUT2D eigenvalue weighted by molar-refractivity contribution is 7.86. The largest absolute Gasteiger partial charge is 0.455 e. The molecule has 33 heavy (non-hydrogen) atoms. The number of carbonyl (C=O) groups excluding carboxylic acids is 1. The van der Waals surface area contributed by atoms with E-state index in [-0.39, 0.29) is 5.92 Å². The Morgan fingerprint density at radius 1 is 1.21 bits per heavy atom. The van der Waals surface area contributed by atoms with Crippen LogP contribution in [0, 0.1) is 17.3 Å². The van der Waals surface area contributed by atoms with Gasteiger partial charge >= 0.3 is 5.97 Å². The third kappa shape index (κ3) is 4.25. The minimum atomic E-state index is -3.90. The van der Waals surface area contributed by atoms with Gasteiger partial charge in [-0.1, -0.05) is 40.7 Å². The summed E-state index contributed by atoms with van der Waals surface area (Å²) in [4.78, 5) is 13.4. The topological polar surface area (TPSA) is 108 Å².